The second-order valence-corrected chi connectivity index (χ2v) is 5.25. The lowest BCUT2D eigenvalue weighted by Crippen LogP contribution is -2.42. The first kappa shape index (κ1) is 15.6. The molecule has 8 heteroatoms. The first-order valence-electron chi connectivity index (χ1n) is 5.81. The SMILES string of the molecule is O=C(CNCCN1CCSCC1)NCC(F)(F)F. The number of thioether (sulfide) groups is 1. The number of hydrogen-bond donors (Lipinski definition) is 2. The molecule has 0 bridgehead atoms. The van der Waals surface area contributed by atoms with E-state index < -0.39 is 18.6 Å². The van der Waals surface area contributed by atoms with Gasteiger partial charge in [-0.15, -0.1) is 0 Å². The molecule has 4 nitrogen and oxygen atoms in total. The predicted octanol–water partition coefficient (Wildman–Crippen LogP) is 0.303. The lowest BCUT2D eigenvalue weighted by Gasteiger charge is -2.26. The third kappa shape index (κ3) is 7.78. The van der Waals surface area contributed by atoms with Crippen molar-refractivity contribution >= 4 is 17.7 Å². The average molecular weight is 285 g/mol. The molecular formula is C10H18F3N3OS. The van der Waals surface area contributed by atoms with Gasteiger partial charge in [0.15, 0.2) is 0 Å². The van der Waals surface area contributed by atoms with Gasteiger partial charge < -0.3 is 15.5 Å². The fourth-order valence-corrected chi connectivity index (χ4v) is 2.50. The number of alkyl halides is 3. The Hall–Kier alpha value is -0.470. The smallest absolute Gasteiger partial charge is 0.346 e. The van der Waals surface area contributed by atoms with Crippen LogP contribution in [0.4, 0.5) is 13.2 Å². The number of halogens is 3. The summed E-state index contributed by atoms with van der Waals surface area (Å²) in [5, 5.41) is 4.66. The Morgan fingerprint density at radius 2 is 1.94 bits per heavy atom. The maximum Gasteiger partial charge on any atom is 0.405 e. The van der Waals surface area contributed by atoms with Crippen LogP contribution in [-0.4, -0.2) is 67.8 Å². The Bertz CT molecular complexity index is 257. The van der Waals surface area contributed by atoms with Crippen molar-refractivity contribution in [2.75, 3.05) is 50.8 Å². The van der Waals surface area contributed by atoms with Crippen molar-refractivity contribution in [2.45, 2.75) is 6.18 Å². The summed E-state index contributed by atoms with van der Waals surface area (Å²) in [6, 6.07) is 0. The molecular weight excluding hydrogens is 267 g/mol. The Balaban J connectivity index is 1.98. The maximum atomic E-state index is 11.8. The number of nitrogens with one attached hydrogen (secondary N) is 2. The summed E-state index contributed by atoms with van der Waals surface area (Å²) < 4.78 is 35.4. The van der Waals surface area contributed by atoms with Crippen LogP contribution in [0.15, 0.2) is 0 Å². The van der Waals surface area contributed by atoms with Gasteiger partial charge in [0.1, 0.15) is 6.54 Å². The minimum Gasteiger partial charge on any atom is -0.346 e. The van der Waals surface area contributed by atoms with Crippen LogP contribution in [0, 0.1) is 0 Å². The number of amides is 1. The van der Waals surface area contributed by atoms with Crippen LogP contribution < -0.4 is 10.6 Å². The first-order chi connectivity index (χ1) is 8.47. The van der Waals surface area contributed by atoms with Gasteiger partial charge in [0.05, 0.1) is 6.54 Å². The summed E-state index contributed by atoms with van der Waals surface area (Å²) in [5.41, 5.74) is 0. The van der Waals surface area contributed by atoms with E-state index in [-0.39, 0.29) is 6.54 Å². The lowest BCUT2D eigenvalue weighted by atomic mass is 10.4. The van der Waals surface area contributed by atoms with Gasteiger partial charge in [-0.1, -0.05) is 0 Å². The van der Waals surface area contributed by atoms with Crippen molar-refractivity contribution < 1.29 is 18.0 Å². The highest BCUT2D eigenvalue weighted by Crippen LogP contribution is 2.11. The molecule has 0 aromatic carbocycles. The zero-order valence-corrected chi connectivity index (χ0v) is 10.9. The zero-order valence-electron chi connectivity index (χ0n) is 10.1. The molecule has 1 saturated heterocycles. The molecule has 0 saturated carbocycles. The van der Waals surface area contributed by atoms with Gasteiger partial charge in [-0.3, -0.25) is 4.79 Å². The first-order valence-corrected chi connectivity index (χ1v) is 6.97. The number of rotatable bonds is 6. The molecule has 0 aromatic heterocycles. The van der Waals surface area contributed by atoms with E-state index in [9.17, 15) is 18.0 Å². The van der Waals surface area contributed by atoms with E-state index in [2.05, 4.69) is 10.2 Å². The quantitative estimate of drug-likeness (QED) is 0.689. The predicted molar refractivity (Wildman–Crippen MR) is 65.7 cm³/mol. The fourth-order valence-electron chi connectivity index (χ4n) is 1.53. The Morgan fingerprint density at radius 3 is 2.56 bits per heavy atom. The largest absolute Gasteiger partial charge is 0.405 e. The van der Waals surface area contributed by atoms with E-state index in [4.69, 9.17) is 0 Å². The van der Waals surface area contributed by atoms with E-state index in [1.807, 2.05) is 17.1 Å². The van der Waals surface area contributed by atoms with Crippen molar-refractivity contribution in [1.82, 2.24) is 15.5 Å². The van der Waals surface area contributed by atoms with Crippen LogP contribution in [0.3, 0.4) is 0 Å². The molecule has 1 aliphatic heterocycles. The summed E-state index contributed by atoms with van der Waals surface area (Å²) in [7, 11) is 0. The molecule has 1 rings (SSSR count). The molecule has 0 radical (unpaired) electrons. The monoisotopic (exact) mass is 285 g/mol. The highest BCUT2D eigenvalue weighted by atomic mass is 32.2. The fraction of sp³-hybridized carbons (Fsp3) is 0.900. The second-order valence-electron chi connectivity index (χ2n) is 4.02. The summed E-state index contributed by atoms with van der Waals surface area (Å²) in [6.45, 7) is 2.17. The summed E-state index contributed by atoms with van der Waals surface area (Å²) in [6.07, 6.45) is -4.35. The third-order valence-electron chi connectivity index (χ3n) is 2.48. The molecule has 0 aliphatic carbocycles. The van der Waals surface area contributed by atoms with Crippen molar-refractivity contribution in [3.63, 3.8) is 0 Å². The Labute approximate surface area is 109 Å². The van der Waals surface area contributed by atoms with E-state index in [0.717, 1.165) is 31.1 Å². The van der Waals surface area contributed by atoms with Gasteiger partial charge in [0.2, 0.25) is 5.91 Å². The van der Waals surface area contributed by atoms with Crippen LogP contribution >= 0.6 is 11.8 Å². The Kier molecular flexibility index (Phi) is 6.80. The van der Waals surface area contributed by atoms with E-state index in [0.29, 0.717) is 6.54 Å². The molecule has 0 atom stereocenters. The molecule has 1 fully saturated rings. The molecule has 1 heterocycles. The third-order valence-corrected chi connectivity index (χ3v) is 3.42. The normalized spacial score (nSPS) is 17.7. The van der Waals surface area contributed by atoms with Crippen LogP contribution in [0.25, 0.3) is 0 Å². The average Bonchev–Trinajstić information content (AvgIpc) is 2.33. The summed E-state index contributed by atoms with van der Waals surface area (Å²) >= 11 is 1.92. The number of carbonyl (C=O) groups is 1. The van der Waals surface area contributed by atoms with E-state index >= 15 is 0 Å². The molecule has 2 N–H and O–H groups in total. The van der Waals surface area contributed by atoms with Crippen molar-refractivity contribution in [3.8, 4) is 0 Å². The van der Waals surface area contributed by atoms with Gasteiger partial charge in [-0.05, 0) is 0 Å². The molecule has 0 unspecified atom stereocenters. The maximum absolute atomic E-state index is 11.8. The number of nitrogens with zero attached hydrogens (tertiary/aromatic N) is 1. The summed E-state index contributed by atoms with van der Waals surface area (Å²) in [5.74, 6) is 1.61. The van der Waals surface area contributed by atoms with Crippen LogP contribution in [-0.2, 0) is 4.79 Å². The summed E-state index contributed by atoms with van der Waals surface area (Å²) in [4.78, 5) is 13.3. The lowest BCUT2D eigenvalue weighted by molar-refractivity contribution is -0.137. The van der Waals surface area contributed by atoms with E-state index in [1.165, 1.54) is 0 Å². The van der Waals surface area contributed by atoms with Crippen LogP contribution in [0.2, 0.25) is 0 Å². The minimum absolute atomic E-state index is 0.0708. The minimum atomic E-state index is -4.35. The van der Waals surface area contributed by atoms with Gasteiger partial charge in [-0.25, -0.2) is 0 Å². The van der Waals surface area contributed by atoms with Gasteiger partial charge in [0, 0.05) is 37.7 Å². The molecule has 1 amide bonds. The van der Waals surface area contributed by atoms with Crippen molar-refractivity contribution in [1.29, 1.82) is 0 Å². The molecule has 0 spiro atoms. The van der Waals surface area contributed by atoms with Crippen LogP contribution in [0.1, 0.15) is 0 Å². The van der Waals surface area contributed by atoms with Crippen molar-refractivity contribution in [2.24, 2.45) is 0 Å². The number of carbonyl (C=O) groups excluding carboxylic acids is 1. The Morgan fingerprint density at radius 1 is 1.28 bits per heavy atom. The highest BCUT2D eigenvalue weighted by molar-refractivity contribution is 7.99. The zero-order chi connectivity index (χ0) is 13.4. The number of hydrogen-bond acceptors (Lipinski definition) is 4. The van der Waals surface area contributed by atoms with Gasteiger partial charge in [-0.2, -0.15) is 24.9 Å². The standard InChI is InChI=1S/C10H18F3N3OS/c11-10(12,13)8-15-9(17)7-14-1-2-16-3-5-18-6-4-16/h14H,1-8H2,(H,15,17). The van der Waals surface area contributed by atoms with E-state index in [1.54, 1.807) is 0 Å². The second kappa shape index (κ2) is 7.85. The van der Waals surface area contributed by atoms with Gasteiger partial charge >= 0.3 is 6.18 Å². The van der Waals surface area contributed by atoms with Crippen LogP contribution in [0.5, 0.6) is 0 Å². The topological polar surface area (TPSA) is 44.4 Å². The molecule has 1 aliphatic rings. The van der Waals surface area contributed by atoms with Crippen molar-refractivity contribution in [3.05, 3.63) is 0 Å². The highest BCUT2D eigenvalue weighted by Gasteiger charge is 2.27. The molecule has 0 aromatic rings. The molecule has 18 heavy (non-hydrogen) atoms. The van der Waals surface area contributed by atoms with Gasteiger partial charge in [0.25, 0.3) is 0 Å². The molecule has 106 valence electrons.